The smallest absolute Gasteiger partial charge is 0.337 e. The summed E-state index contributed by atoms with van der Waals surface area (Å²) in [7, 11) is 0. The van der Waals surface area contributed by atoms with Crippen molar-refractivity contribution in [3.63, 3.8) is 0 Å². The number of ether oxygens (including phenoxy) is 1. The predicted octanol–water partition coefficient (Wildman–Crippen LogP) is 2.17. The first-order valence-electron chi connectivity index (χ1n) is 6.66. The summed E-state index contributed by atoms with van der Waals surface area (Å²) >= 11 is 5.84. The highest BCUT2D eigenvalue weighted by Crippen LogP contribution is 2.21. The molecule has 0 bridgehead atoms. The van der Waals surface area contributed by atoms with Gasteiger partial charge < -0.3 is 15.2 Å². The van der Waals surface area contributed by atoms with Gasteiger partial charge in [-0.15, -0.1) is 0 Å². The first-order valence-corrected chi connectivity index (χ1v) is 7.03. The minimum Gasteiger partial charge on any atom is -0.478 e. The molecule has 0 radical (unpaired) electrons. The molecular formula is C14H19ClN2O3. The van der Waals surface area contributed by atoms with E-state index in [0.29, 0.717) is 10.7 Å². The van der Waals surface area contributed by atoms with Crippen LogP contribution in [0.4, 0.5) is 5.69 Å². The Morgan fingerprint density at radius 3 is 2.85 bits per heavy atom. The summed E-state index contributed by atoms with van der Waals surface area (Å²) in [5.41, 5.74) is 0.800. The molecule has 6 heteroatoms. The fraction of sp³-hybridized carbons (Fsp3) is 0.500. The summed E-state index contributed by atoms with van der Waals surface area (Å²) in [4.78, 5) is 13.5. The van der Waals surface area contributed by atoms with Crippen LogP contribution in [0.3, 0.4) is 0 Å². The van der Waals surface area contributed by atoms with Gasteiger partial charge in [0, 0.05) is 36.4 Å². The number of carboxylic acid groups (broad SMARTS) is 1. The quantitative estimate of drug-likeness (QED) is 0.872. The molecule has 1 heterocycles. The van der Waals surface area contributed by atoms with Gasteiger partial charge in [-0.3, -0.25) is 4.90 Å². The van der Waals surface area contributed by atoms with Crippen LogP contribution in [0.25, 0.3) is 0 Å². The van der Waals surface area contributed by atoms with Crippen LogP contribution in [0, 0.1) is 0 Å². The van der Waals surface area contributed by atoms with Crippen LogP contribution in [0.5, 0.6) is 0 Å². The van der Waals surface area contributed by atoms with Crippen molar-refractivity contribution in [3.8, 4) is 0 Å². The van der Waals surface area contributed by atoms with E-state index in [4.69, 9.17) is 16.3 Å². The van der Waals surface area contributed by atoms with Gasteiger partial charge in [-0.2, -0.15) is 0 Å². The van der Waals surface area contributed by atoms with Crippen LogP contribution in [-0.2, 0) is 4.74 Å². The molecule has 1 aromatic rings. The molecule has 0 amide bonds. The maximum atomic E-state index is 11.2. The lowest BCUT2D eigenvalue weighted by atomic mass is 10.1. The molecule has 1 atom stereocenters. The number of halogens is 1. The number of carbonyl (C=O) groups is 1. The second-order valence-electron chi connectivity index (χ2n) is 4.95. The van der Waals surface area contributed by atoms with E-state index < -0.39 is 5.97 Å². The number of nitrogens with one attached hydrogen (secondary N) is 1. The number of rotatable bonds is 5. The lowest BCUT2D eigenvalue weighted by Gasteiger charge is -2.30. The average Bonchev–Trinajstić information content (AvgIpc) is 2.41. The Morgan fingerprint density at radius 2 is 2.20 bits per heavy atom. The summed E-state index contributed by atoms with van der Waals surface area (Å²) in [6.07, 6.45) is 0. The molecule has 2 N–H and O–H groups in total. The van der Waals surface area contributed by atoms with Crippen molar-refractivity contribution >= 4 is 23.3 Å². The molecule has 0 aromatic heterocycles. The molecule has 1 aliphatic rings. The van der Waals surface area contributed by atoms with Crippen LogP contribution in [0.1, 0.15) is 17.3 Å². The summed E-state index contributed by atoms with van der Waals surface area (Å²) in [5.74, 6) is -0.978. The van der Waals surface area contributed by atoms with Crippen LogP contribution in [-0.4, -0.2) is 54.9 Å². The molecule has 2 rings (SSSR count). The number of nitrogens with zero attached hydrogens (tertiary/aromatic N) is 1. The van der Waals surface area contributed by atoms with Crippen molar-refractivity contribution in [2.75, 3.05) is 38.2 Å². The number of hydrogen-bond acceptors (Lipinski definition) is 4. The van der Waals surface area contributed by atoms with Crippen LogP contribution < -0.4 is 5.32 Å². The van der Waals surface area contributed by atoms with Crippen molar-refractivity contribution in [3.05, 3.63) is 28.8 Å². The van der Waals surface area contributed by atoms with E-state index in [-0.39, 0.29) is 11.6 Å². The first kappa shape index (κ1) is 15.1. The number of hydrogen-bond donors (Lipinski definition) is 2. The van der Waals surface area contributed by atoms with Crippen LogP contribution in [0.2, 0.25) is 5.02 Å². The number of benzene rings is 1. The highest BCUT2D eigenvalue weighted by Gasteiger charge is 2.16. The zero-order chi connectivity index (χ0) is 14.5. The Bertz CT molecular complexity index is 475. The van der Waals surface area contributed by atoms with E-state index >= 15 is 0 Å². The molecule has 0 aliphatic carbocycles. The summed E-state index contributed by atoms with van der Waals surface area (Å²) in [5, 5.41) is 12.9. The van der Waals surface area contributed by atoms with Gasteiger partial charge in [-0.05, 0) is 25.1 Å². The topological polar surface area (TPSA) is 61.8 Å². The monoisotopic (exact) mass is 298 g/mol. The Kier molecular flexibility index (Phi) is 5.23. The number of morpholine rings is 1. The van der Waals surface area contributed by atoms with Gasteiger partial charge in [0.05, 0.1) is 18.8 Å². The highest BCUT2D eigenvalue weighted by molar-refractivity contribution is 6.31. The molecule has 20 heavy (non-hydrogen) atoms. The van der Waals surface area contributed by atoms with Crippen molar-refractivity contribution < 1.29 is 14.6 Å². The molecule has 1 fully saturated rings. The third-order valence-corrected chi connectivity index (χ3v) is 3.48. The van der Waals surface area contributed by atoms with E-state index in [2.05, 4.69) is 10.2 Å². The molecule has 0 spiro atoms. The first-order chi connectivity index (χ1) is 9.56. The molecule has 5 nitrogen and oxygen atoms in total. The summed E-state index contributed by atoms with van der Waals surface area (Å²) in [6.45, 7) is 6.24. The lowest BCUT2D eigenvalue weighted by Crippen LogP contribution is -2.42. The lowest BCUT2D eigenvalue weighted by molar-refractivity contribution is 0.0368. The normalized spacial score (nSPS) is 17.7. The molecule has 1 saturated heterocycles. The summed E-state index contributed by atoms with van der Waals surface area (Å²) in [6, 6.07) is 5.01. The van der Waals surface area contributed by atoms with Crippen LogP contribution >= 0.6 is 11.6 Å². The minimum absolute atomic E-state index is 0.146. The SMILES string of the molecule is CC(CN1CCOCC1)Nc1ccc(Cl)cc1C(=O)O. The fourth-order valence-corrected chi connectivity index (χ4v) is 2.47. The molecule has 0 saturated carbocycles. The standard InChI is InChI=1S/C14H19ClN2O3/c1-10(9-17-4-6-20-7-5-17)16-13-3-2-11(15)8-12(13)14(18)19/h2-3,8,10,16H,4-7,9H2,1H3,(H,18,19). The Hall–Kier alpha value is -1.30. The third kappa shape index (κ3) is 4.10. The summed E-state index contributed by atoms with van der Waals surface area (Å²) < 4.78 is 5.31. The largest absolute Gasteiger partial charge is 0.478 e. The maximum absolute atomic E-state index is 11.2. The molecule has 1 aromatic carbocycles. The third-order valence-electron chi connectivity index (χ3n) is 3.25. The van der Waals surface area contributed by atoms with Gasteiger partial charge in [0.1, 0.15) is 0 Å². The van der Waals surface area contributed by atoms with E-state index in [1.807, 2.05) is 6.92 Å². The van der Waals surface area contributed by atoms with Gasteiger partial charge in [0.2, 0.25) is 0 Å². The minimum atomic E-state index is -0.978. The van der Waals surface area contributed by atoms with Crippen LogP contribution in [0.15, 0.2) is 18.2 Å². The van der Waals surface area contributed by atoms with Crippen molar-refractivity contribution in [1.82, 2.24) is 4.90 Å². The van der Waals surface area contributed by atoms with E-state index in [1.165, 1.54) is 6.07 Å². The zero-order valence-corrected chi connectivity index (χ0v) is 12.2. The number of anilines is 1. The number of aromatic carboxylic acids is 1. The second kappa shape index (κ2) is 6.92. The van der Waals surface area contributed by atoms with Crippen molar-refractivity contribution in [2.24, 2.45) is 0 Å². The van der Waals surface area contributed by atoms with Crippen molar-refractivity contribution in [2.45, 2.75) is 13.0 Å². The average molecular weight is 299 g/mol. The second-order valence-corrected chi connectivity index (χ2v) is 5.39. The Morgan fingerprint density at radius 1 is 1.50 bits per heavy atom. The molecule has 1 unspecified atom stereocenters. The fourth-order valence-electron chi connectivity index (χ4n) is 2.30. The van der Waals surface area contributed by atoms with E-state index in [0.717, 1.165) is 32.8 Å². The van der Waals surface area contributed by atoms with Gasteiger partial charge in [-0.25, -0.2) is 4.79 Å². The van der Waals surface area contributed by atoms with E-state index in [1.54, 1.807) is 12.1 Å². The highest BCUT2D eigenvalue weighted by atomic mass is 35.5. The van der Waals surface area contributed by atoms with Gasteiger partial charge in [-0.1, -0.05) is 11.6 Å². The maximum Gasteiger partial charge on any atom is 0.337 e. The Balaban J connectivity index is 1.99. The Labute approximate surface area is 123 Å². The molecule has 1 aliphatic heterocycles. The van der Waals surface area contributed by atoms with Crippen molar-refractivity contribution in [1.29, 1.82) is 0 Å². The molecule has 110 valence electrons. The molecular weight excluding hydrogens is 280 g/mol. The zero-order valence-electron chi connectivity index (χ0n) is 11.4. The predicted molar refractivity (Wildman–Crippen MR) is 78.8 cm³/mol. The van der Waals surface area contributed by atoms with Gasteiger partial charge in [0.25, 0.3) is 0 Å². The van der Waals surface area contributed by atoms with Gasteiger partial charge in [0.15, 0.2) is 0 Å². The van der Waals surface area contributed by atoms with E-state index in [9.17, 15) is 9.90 Å². The van der Waals surface area contributed by atoms with Gasteiger partial charge >= 0.3 is 5.97 Å². The number of carboxylic acids is 1.